The Morgan fingerprint density at radius 1 is 1.13 bits per heavy atom. The van der Waals surface area contributed by atoms with Crippen LogP contribution < -0.4 is 15.2 Å². The van der Waals surface area contributed by atoms with Crippen molar-refractivity contribution in [2.45, 2.75) is 0 Å². The Kier molecular flexibility index (Phi) is 6.43. The zero-order chi connectivity index (χ0) is 21.8. The zero-order valence-electron chi connectivity index (χ0n) is 15.6. The summed E-state index contributed by atoms with van der Waals surface area (Å²) in [5.41, 5.74) is 5.90. The van der Waals surface area contributed by atoms with Crippen molar-refractivity contribution in [2.75, 3.05) is 13.7 Å². The number of halogens is 1. The van der Waals surface area contributed by atoms with E-state index in [9.17, 15) is 19.2 Å². The van der Waals surface area contributed by atoms with E-state index in [0.717, 1.165) is 4.90 Å². The van der Waals surface area contributed by atoms with Crippen LogP contribution in [-0.4, -0.2) is 41.6 Å². The molecule has 2 aromatic carbocycles. The normalized spacial score (nSPS) is 14.9. The maximum absolute atomic E-state index is 12.3. The minimum absolute atomic E-state index is 0.134. The Bertz CT molecular complexity index is 1070. The van der Waals surface area contributed by atoms with Crippen molar-refractivity contribution in [3.05, 3.63) is 63.5 Å². The average Bonchev–Trinajstić information content (AvgIpc) is 2.96. The van der Waals surface area contributed by atoms with Gasteiger partial charge in [-0.1, -0.05) is 17.7 Å². The summed E-state index contributed by atoms with van der Waals surface area (Å²) in [5, 5.41) is -0.0840. The van der Waals surface area contributed by atoms with Crippen molar-refractivity contribution in [3.63, 3.8) is 0 Å². The van der Waals surface area contributed by atoms with Crippen LogP contribution in [0.2, 0.25) is 5.02 Å². The van der Waals surface area contributed by atoms with Gasteiger partial charge in [-0.2, -0.15) is 0 Å². The summed E-state index contributed by atoms with van der Waals surface area (Å²) in [5.74, 6) is -1.56. The van der Waals surface area contributed by atoms with Crippen LogP contribution in [0.1, 0.15) is 15.9 Å². The number of nitrogens with zero attached hydrogens (tertiary/aromatic N) is 1. The number of thioether (sulfide) groups is 1. The molecule has 8 nitrogen and oxygen atoms in total. The lowest BCUT2D eigenvalue weighted by atomic mass is 10.1. The third-order valence-electron chi connectivity index (χ3n) is 3.96. The standard InChI is InChI=1S/C20H15ClN2O6S/c1-28-15-8-11(9-16-18(25)23(10-17(22)24)20(27)30-16)2-7-14(15)29-19(26)12-3-5-13(21)6-4-12/h2-9H,10H2,1H3,(H2,22,24)/b16-9-. The van der Waals surface area contributed by atoms with Crippen molar-refractivity contribution in [1.29, 1.82) is 0 Å². The van der Waals surface area contributed by atoms with Crippen LogP contribution in [0.3, 0.4) is 0 Å². The molecule has 0 radical (unpaired) electrons. The van der Waals surface area contributed by atoms with E-state index >= 15 is 0 Å². The summed E-state index contributed by atoms with van der Waals surface area (Å²) in [6, 6.07) is 10.9. The van der Waals surface area contributed by atoms with Gasteiger partial charge in [-0.25, -0.2) is 4.79 Å². The Morgan fingerprint density at radius 3 is 2.47 bits per heavy atom. The molecule has 0 atom stereocenters. The number of benzene rings is 2. The number of amides is 3. The molecule has 3 rings (SSSR count). The quantitative estimate of drug-likeness (QED) is 0.411. The first-order valence-corrected chi connectivity index (χ1v) is 9.67. The number of rotatable bonds is 6. The maximum atomic E-state index is 12.3. The second kappa shape index (κ2) is 9.02. The van der Waals surface area contributed by atoms with E-state index in [1.165, 1.54) is 31.4 Å². The van der Waals surface area contributed by atoms with Gasteiger partial charge in [-0.05, 0) is 59.8 Å². The van der Waals surface area contributed by atoms with Gasteiger partial charge in [0.1, 0.15) is 6.54 Å². The second-order valence-corrected chi connectivity index (χ2v) is 7.47. The molecule has 1 fully saturated rings. The van der Waals surface area contributed by atoms with Crippen molar-refractivity contribution in [2.24, 2.45) is 5.73 Å². The van der Waals surface area contributed by atoms with E-state index in [1.807, 2.05) is 0 Å². The molecule has 2 aromatic rings. The van der Waals surface area contributed by atoms with Crippen LogP contribution >= 0.6 is 23.4 Å². The Labute approximate surface area is 180 Å². The van der Waals surface area contributed by atoms with E-state index in [-0.39, 0.29) is 16.4 Å². The maximum Gasteiger partial charge on any atom is 0.343 e. The molecule has 0 unspecified atom stereocenters. The van der Waals surface area contributed by atoms with Gasteiger partial charge < -0.3 is 15.2 Å². The van der Waals surface area contributed by atoms with Crippen molar-refractivity contribution >= 4 is 52.5 Å². The number of carbonyl (C=O) groups excluding carboxylic acids is 4. The molecular formula is C20H15ClN2O6S. The van der Waals surface area contributed by atoms with E-state index in [1.54, 1.807) is 24.3 Å². The average molecular weight is 447 g/mol. The molecule has 3 amide bonds. The van der Waals surface area contributed by atoms with Crippen LogP contribution in [-0.2, 0) is 9.59 Å². The Hall–Kier alpha value is -3.30. The highest BCUT2D eigenvalue weighted by molar-refractivity contribution is 8.18. The first-order valence-electron chi connectivity index (χ1n) is 8.48. The molecule has 10 heteroatoms. The molecular weight excluding hydrogens is 432 g/mol. The largest absolute Gasteiger partial charge is 0.493 e. The van der Waals surface area contributed by atoms with Gasteiger partial charge >= 0.3 is 5.97 Å². The second-order valence-electron chi connectivity index (χ2n) is 6.04. The first kappa shape index (κ1) is 21.4. The number of hydrogen-bond donors (Lipinski definition) is 1. The highest BCUT2D eigenvalue weighted by Gasteiger charge is 2.35. The van der Waals surface area contributed by atoms with Gasteiger partial charge in [0.25, 0.3) is 11.1 Å². The minimum Gasteiger partial charge on any atom is -0.493 e. The number of methoxy groups -OCH3 is 1. The van der Waals surface area contributed by atoms with Gasteiger partial charge in [0.15, 0.2) is 11.5 Å². The number of esters is 1. The van der Waals surface area contributed by atoms with Gasteiger partial charge in [-0.15, -0.1) is 0 Å². The summed E-state index contributed by atoms with van der Waals surface area (Å²) in [6.45, 7) is -0.481. The predicted molar refractivity (Wildman–Crippen MR) is 111 cm³/mol. The Morgan fingerprint density at radius 2 is 1.83 bits per heavy atom. The summed E-state index contributed by atoms with van der Waals surface area (Å²) in [7, 11) is 1.40. The number of hydrogen-bond acceptors (Lipinski definition) is 7. The van der Waals surface area contributed by atoms with E-state index in [4.69, 9.17) is 26.8 Å². The highest BCUT2D eigenvalue weighted by Crippen LogP contribution is 2.34. The summed E-state index contributed by atoms with van der Waals surface area (Å²) in [6.07, 6.45) is 1.47. The first-order chi connectivity index (χ1) is 14.3. The van der Waals surface area contributed by atoms with Crippen LogP contribution in [0.15, 0.2) is 47.4 Å². The molecule has 1 aliphatic heterocycles. The molecule has 1 saturated heterocycles. The van der Waals surface area contributed by atoms with Gasteiger partial charge in [0.05, 0.1) is 17.6 Å². The predicted octanol–water partition coefficient (Wildman–Crippen LogP) is 3.09. The lowest BCUT2D eigenvalue weighted by molar-refractivity contribution is -0.127. The number of imide groups is 1. The molecule has 1 heterocycles. The minimum atomic E-state index is -0.785. The van der Waals surface area contributed by atoms with E-state index < -0.39 is 29.6 Å². The molecule has 0 aliphatic carbocycles. The molecule has 2 N–H and O–H groups in total. The van der Waals surface area contributed by atoms with Crippen molar-refractivity contribution in [3.8, 4) is 11.5 Å². The van der Waals surface area contributed by atoms with Crippen LogP contribution in [0, 0.1) is 0 Å². The summed E-state index contributed by atoms with van der Waals surface area (Å²) >= 11 is 6.51. The van der Waals surface area contributed by atoms with E-state index in [2.05, 4.69) is 0 Å². The molecule has 0 bridgehead atoms. The number of nitrogens with two attached hydrogens (primary N) is 1. The monoisotopic (exact) mass is 446 g/mol. The van der Waals surface area contributed by atoms with Gasteiger partial charge in [0.2, 0.25) is 5.91 Å². The van der Waals surface area contributed by atoms with Gasteiger partial charge in [0, 0.05) is 5.02 Å². The topological polar surface area (TPSA) is 116 Å². The zero-order valence-corrected chi connectivity index (χ0v) is 17.2. The SMILES string of the molecule is COc1cc(/C=C2\SC(=O)N(CC(N)=O)C2=O)ccc1OC(=O)c1ccc(Cl)cc1. The summed E-state index contributed by atoms with van der Waals surface area (Å²) in [4.78, 5) is 48.4. The fourth-order valence-corrected chi connectivity index (χ4v) is 3.51. The Balaban J connectivity index is 1.80. The van der Waals surface area contributed by atoms with Crippen LogP contribution in [0.25, 0.3) is 6.08 Å². The third-order valence-corrected chi connectivity index (χ3v) is 5.11. The fraction of sp³-hybridized carbons (Fsp3) is 0.100. The summed E-state index contributed by atoms with van der Waals surface area (Å²) < 4.78 is 10.6. The third kappa shape index (κ3) is 4.81. The lowest BCUT2D eigenvalue weighted by Crippen LogP contribution is -2.36. The lowest BCUT2D eigenvalue weighted by Gasteiger charge is -2.10. The fourth-order valence-electron chi connectivity index (χ4n) is 2.55. The van der Waals surface area contributed by atoms with Gasteiger partial charge in [-0.3, -0.25) is 19.3 Å². The van der Waals surface area contributed by atoms with Crippen LogP contribution in [0.4, 0.5) is 4.79 Å². The number of carbonyl (C=O) groups is 4. The van der Waals surface area contributed by atoms with Crippen molar-refractivity contribution < 1.29 is 28.7 Å². The highest BCUT2D eigenvalue weighted by atomic mass is 35.5. The van der Waals surface area contributed by atoms with E-state index in [0.29, 0.717) is 27.9 Å². The molecule has 154 valence electrons. The van der Waals surface area contributed by atoms with Crippen LogP contribution in [0.5, 0.6) is 11.5 Å². The molecule has 30 heavy (non-hydrogen) atoms. The molecule has 0 aromatic heterocycles. The molecule has 0 spiro atoms. The smallest absolute Gasteiger partial charge is 0.343 e. The van der Waals surface area contributed by atoms with Crippen molar-refractivity contribution in [1.82, 2.24) is 4.90 Å². The molecule has 1 aliphatic rings. The molecule has 0 saturated carbocycles. The number of primary amides is 1. The number of ether oxygens (including phenoxy) is 2.